The van der Waals surface area contributed by atoms with Gasteiger partial charge >= 0.3 is 5.69 Å². The van der Waals surface area contributed by atoms with Crippen molar-refractivity contribution in [2.45, 2.75) is 13.0 Å². The van der Waals surface area contributed by atoms with E-state index in [1.165, 1.54) is 10.8 Å². The Bertz CT molecular complexity index is 410. The summed E-state index contributed by atoms with van der Waals surface area (Å²) in [6, 6.07) is 0. The predicted octanol–water partition coefficient (Wildman–Crippen LogP) is -0.0914. The van der Waals surface area contributed by atoms with E-state index >= 15 is 0 Å². The Morgan fingerprint density at radius 3 is 2.93 bits per heavy atom. The van der Waals surface area contributed by atoms with Gasteiger partial charge in [0.2, 0.25) is 0 Å². The van der Waals surface area contributed by atoms with Crippen molar-refractivity contribution in [3.63, 3.8) is 0 Å². The number of aromatic amines is 1. The topological polar surface area (TPSA) is 66.9 Å². The average molecular weight is 262 g/mol. The molecule has 0 spiro atoms. The minimum atomic E-state index is -0.389. The van der Waals surface area contributed by atoms with Crippen LogP contribution >= 0.6 is 15.9 Å². The first-order valence-electron chi connectivity index (χ1n) is 4.29. The van der Waals surface area contributed by atoms with E-state index in [4.69, 9.17) is 0 Å². The van der Waals surface area contributed by atoms with Gasteiger partial charge in [-0.05, 0) is 35.9 Å². The molecule has 0 aromatic carbocycles. The molecule has 0 aliphatic carbocycles. The zero-order valence-corrected chi connectivity index (χ0v) is 9.43. The van der Waals surface area contributed by atoms with Gasteiger partial charge in [0.05, 0.1) is 4.47 Å². The molecule has 2 N–H and O–H groups in total. The third-order valence-corrected chi connectivity index (χ3v) is 2.36. The fraction of sp³-hybridized carbons (Fsp3) is 0.500. The van der Waals surface area contributed by atoms with Crippen molar-refractivity contribution in [2.75, 3.05) is 13.6 Å². The largest absolute Gasteiger partial charge is 0.328 e. The minimum absolute atomic E-state index is 0.366. The van der Waals surface area contributed by atoms with Gasteiger partial charge in [0.15, 0.2) is 0 Å². The molecule has 0 saturated carbocycles. The Labute approximate surface area is 89.3 Å². The predicted molar refractivity (Wildman–Crippen MR) is 57.6 cm³/mol. The van der Waals surface area contributed by atoms with E-state index in [0.29, 0.717) is 11.0 Å². The highest BCUT2D eigenvalue weighted by molar-refractivity contribution is 9.10. The lowest BCUT2D eigenvalue weighted by Gasteiger charge is -2.04. The lowest BCUT2D eigenvalue weighted by atomic mass is 10.4. The molecule has 1 rings (SSSR count). The second kappa shape index (κ2) is 5.11. The first-order chi connectivity index (χ1) is 6.65. The lowest BCUT2D eigenvalue weighted by molar-refractivity contribution is 0.582. The van der Waals surface area contributed by atoms with Crippen molar-refractivity contribution >= 4 is 15.9 Å². The number of aryl methyl sites for hydroxylation is 1. The molecule has 0 bridgehead atoms. The number of halogens is 1. The molecule has 0 saturated heterocycles. The number of H-pyrrole nitrogens is 1. The van der Waals surface area contributed by atoms with Gasteiger partial charge < -0.3 is 5.32 Å². The summed E-state index contributed by atoms with van der Waals surface area (Å²) in [6.45, 7) is 1.43. The van der Waals surface area contributed by atoms with Gasteiger partial charge in [-0.2, -0.15) is 0 Å². The van der Waals surface area contributed by atoms with E-state index in [2.05, 4.69) is 26.2 Å². The molecule has 78 valence electrons. The normalized spacial score (nSPS) is 10.4. The quantitative estimate of drug-likeness (QED) is 0.745. The third-order valence-electron chi connectivity index (χ3n) is 1.79. The minimum Gasteiger partial charge on any atom is -0.320 e. The summed E-state index contributed by atoms with van der Waals surface area (Å²) in [5, 5.41) is 2.98. The van der Waals surface area contributed by atoms with Crippen molar-refractivity contribution < 1.29 is 0 Å². The smallest absolute Gasteiger partial charge is 0.320 e. The number of hydrogen-bond acceptors (Lipinski definition) is 3. The van der Waals surface area contributed by atoms with E-state index in [9.17, 15) is 9.59 Å². The summed E-state index contributed by atoms with van der Waals surface area (Å²) in [5.41, 5.74) is -0.755. The molecule has 0 aliphatic heterocycles. The highest BCUT2D eigenvalue weighted by Gasteiger charge is 2.00. The summed E-state index contributed by atoms with van der Waals surface area (Å²) < 4.78 is 1.85. The summed E-state index contributed by atoms with van der Waals surface area (Å²) in [7, 11) is 1.85. The van der Waals surface area contributed by atoms with Crippen LogP contribution in [0.5, 0.6) is 0 Å². The molecule has 0 aliphatic rings. The highest BCUT2D eigenvalue weighted by atomic mass is 79.9. The number of hydrogen-bond donors (Lipinski definition) is 2. The van der Waals surface area contributed by atoms with Crippen molar-refractivity contribution in [3.05, 3.63) is 31.5 Å². The second-order valence-corrected chi connectivity index (χ2v) is 3.74. The molecule has 0 atom stereocenters. The van der Waals surface area contributed by atoms with E-state index in [1.807, 2.05) is 7.05 Å². The Kier molecular flexibility index (Phi) is 4.09. The van der Waals surface area contributed by atoms with Crippen LogP contribution in [0.2, 0.25) is 0 Å². The van der Waals surface area contributed by atoms with Crippen LogP contribution in [0.25, 0.3) is 0 Å². The second-order valence-electron chi connectivity index (χ2n) is 2.89. The van der Waals surface area contributed by atoms with Gasteiger partial charge in [-0.3, -0.25) is 14.3 Å². The molecule has 0 unspecified atom stereocenters. The van der Waals surface area contributed by atoms with Gasteiger partial charge in [0, 0.05) is 12.7 Å². The average Bonchev–Trinajstić information content (AvgIpc) is 2.14. The fourth-order valence-electron chi connectivity index (χ4n) is 1.07. The zero-order chi connectivity index (χ0) is 10.6. The zero-order valence-electron chi connectivity index (χ0n) is 7.84. The van der Waals surface area contributed by atoms with Crippen molar-refractivity contribution in [1.82, 2.24) is 14.9 Å². The summed E-state index contributed by atoms with van der Waals surface area (Å²) >= 11 is 3.07. The Balaban J connectivity index is 2.82. The maximum atomic E-state index is 11.3. The van der Waals surface area contributed by atoms with Crippen LogP contribution in [0.4, 0.5) is 0 Å². The third kappa shape index (κ3) is 2.81. The first-order valence-corrected chi connectivity index (χ1v) is 5.08. The number of nitrogens with zero attached hydrogens (tertiary/aromatic N) is 1. The van der Waals surface area contributed by atoms with E-state index in [-0.39, 0.29) is 11.2 Å². The molecule has 14 heavy (non-hydrogen) atoms. The molecule has 0 fully saturated rings. The molecule has 5 nitrogen and oxygen atoms in total. The fourth-order valence-corrected chi connectivity index (χ4v) is 1.42. The number of aromatic nitrogens is 2. The van der Waals surface area contributed by atoms with Crippen LogP contribution in [0.3, 0.4) is 0 Å². The van der Waals surface area contributed by atoms with E-state index < -0.39 is 0 Å². The molecule has 1 aromatic rings. The molecule has 0 amide bonds. The maximum absolute atomic E-state index is 11.3. The van der Waals surface area contributed by atoms with Crippen molar-refractivity contribution in [3.8, 4) is 0 Å². The van der Waals surface area contributed by atoms with Crippen LogP contribution in [0.1, 0.15) is 6.42 Å². The van der Waals surface area contributed by atoms with Crippen LogP contribution in [0, 0.1) is 0 Å². The van der Waals surface area contributed by atoms with E-state index in [0.717, 1.165) is 13.0 Å². The number of nitrogens with one attached hydrogen (secondary N) is 2. The monoisotopic (exact) mass is 261 g/mol. The van der Waals surface area contributed by atoms with Crippen LogP contribution in [-0.4, -0.2) is 23.1 Å². The van der Waals surface area contributed by atoms with Crippen LogP contribution in [-0.2, 0) is 6.54 Å². The molecule has 1 aromatic heterocycles. The SMILES string of the molecule is CNCCCn1cc(Br)c(=O)[nH]c1=O. The van der Waals surface area contributed by atoms with Gasteiger partial charge in [0.1, 0.15) is 0 Å². The first kappa shape index (κ1) is 11.2. The number of rotatable bonds is 4. The maximum Gasteiger partial charge on any atom is 0.328 e. The van der Waals surface area contributed by atoms with Crippen LogP contribution in [0.15, 0.2) is 20.3 Å². The highest BCUT2D eigenvalue weighted by Crippen LogP contribution is 1.98. The summed E-state index contributed by atoms with van der Waals surface area (Å²) in [4.78, 5) is 24.5. The molecule has 0 radical (unpaired) electrons. The Morgan fingerprint density at radius 1 is 1.57 bits per heavy atom. The standard InChI is InChI=1S/C8H12BrN3O2/c1-10-3-2-4-12-5-6(9)7(13)11-8(12)14/h5,10H,2-4H2,1H3,(H,11,13,14). The van der Waals surface area contributed by atoms with Gasteiger partial charge in [-0.15, -0.1) is 0 Å². The summed E-state index contributed by atoms with van der Waals surface area (Å²) in [6.07, 6.45) is 2.35. The molecule has 6 heteroatoms. The van der Waals surface area contributed by atoms with Gasteiger partial charge in [-0.1, -0.05) is 0 Å². The van der Waals surface area contributed by atoms with Gasteiger partial charge in [-0.25, -0.2) is 4.79 Å². The molecular weight excluding hydrogens is 250 g/mol. The summed E-state index contributed by atoms with van der Waals surface area (Å²) in [5.74, 6) is 0. The van der Waals surface area contributed by atoms with E-state index in [1.54, 1.807) is 0 Å². The molecular formula is C8H12BrN3O2. The van der Waals surface area contributed by atoms with Crippen molar-refractivity contribution in [2.24, 2.45) is 0 Å². The Hall–Kier alpha value is -0.880. The van der Waals surface area contributed by atoms with Gasteiger partial charge in [0.25, 0.3) is 5.56 Å². The Morgan fingerprint density at radius 2 is 2.29 bits per heavy atom. The lowest BCUT2D eigenvalue weighted by Crippen LogP contribution is -2.30. The molecule has 1 heterocycles. The van der Waals surface area contributed by atoms with Crippen molar-refractivity contribution in [1.29, 1.82) is 0 Å². The van der Waals surface area contributed by atoms with Crippen LogP contribution < -0.4 is 16.6 Å².